The van der Waals surface area contributed by atoms with Crippen LogP contribution in [0.2, 0.25) is 0 Å². The van der Waals surface area contributed by atoms with E-state index in [4.69, 9.17) is 8.83 Å². The van der Waals surface area contributed by atoms with E-state index in [2.05, 4.69) is 24.3 Å². The van der Waals surface area contributed by atoms with Gasteiger partial charge in [-0.2, -0.15) is 0 Å². The first-order valence-corrected chi connectivity index (χ1v) is 5.18. The Morgan fingerprint density at radius 3 is 2.62 bits per heavy atom. The fourth-order valence-corrected chi connectivity index (χ4v) is 2.33. The molecule has 0 saturated carbocycles. The van der Waals surface area contributed by atoms with Crippen LogP contribution in [0.1, 0.15) is 0 Å². The lowest BCUT2D eigenvalue weighted by Gasteiger charge is -2.12. The van der Waals surface area contributed by atoms with Crippen LogP contribution in [-0.2, 0) is 0 Å². The second kappa shape index (κ2) is 2.67. The van der Waals surface area contributed by atoms with E-state index in [-0.39, 0.29) is 0 Å². The fraction of sp³-hybridized carbons (Fsp3) is 0. The Balaban J connectivity index is 2.45. The van der Waals surface area contributed by atoms with Gasteiger partial charge in [-0.05, 0) is 5.39 Å². The minimum absolute atomic E-state index is 0.793. The molecule has 0 aromatic heterocycles. The maximum absolute atomic E-state index is 5.57. The van der Waals surface area contributed by atoms with Crippen molar-refractivity contribution in [1.82, 2.24) is 0 Å². The van der Waals surface area contributed by atoms with Crippen molar-refractivity contribution in [2.24, 2.45) is 0 Å². The Hall–Kier alpha value is -2.22. The van der Waals surface area contributed by atoms with E-state index in [1.54, 1.807) is 18.8 Å². The first-order chi connectivity index (χ1) is 7.93. The third kappa shape index (κ3) is 0.865. The van der Waals surface area contributed by atoms with Gasteiger partial charge in [0.15, 0.2) is 5.76 Å². The van der Waals surface area contributed by atoms with Gasteiger partial charge in [-0.1, -0.05) is 30.3 Å². The molecule has 0 aliphatic carbocycles. The summed E-state index contributed by atoms with van der Waals surface area (Å²) in [7, 11) is 0. The molecule has 0 N–H and O–H groups in total. The van der Waals surface area contributed by atoms with E-state index < -0.39 is 0 Å². The maximum atomic E-state index is 5.57. The summed E-state index contributed by atoms with van der Waals surface area (Å²) in [6.45, 7) is 0. The molecule has 0 saturated heterocycles. The van der Waals surface area contributed by atoms with Crippen molar-refractivity contribution in [2.75, 3.05) is 0 Å². The van der Waals surface area contributed by atoms with E-state index >= 15 is 0 Å². The van der Waals surface area contributed by atoms with Crippen LogP contribution in [0.5, 0.6) is 0 Å². The topological polar surface area (TPSA) is 26.3 Å². The fourth-order valence-electron chi connectivity index (χ4n) is 2.33. The first kappa shape index (κ1) is 7.99. The molecule has 0 spiro atoms. The Kier molecular flexibility index (Phi) is 1.33. The molecule has 2 aromatic rings. The van der Waals surface area contributed by atoms with Crippen LogP contribution in [0.3, 0.4) is 0 Å². The smallest absolute Gasteiger partial charge is 0.170 e. The Bertz CT molecular complexity index is 760. The molecule has 0 bridgehead atoms. The second-order valence-corrected chi connectivity index (χ2v) is 3.95. The minimum Gasteiger partial charge on any atom is -0.468 e. The minimum atomic E-state index is 0.793. The van der Waals surface area contributed by atoms with Gasteiger partial charge >= 0.3 is 0 Å². The highest BCUT2D eigenvalue weighted by Crippen LogP contribution is 2.38. The molecule has 2 aromatic carbocycles. The van der Waals surface area contributed by atoms with Gasteiger partial charge in [0, 0.05) is 21.7 Å². The van der Waals surface area contributed by atoms with Crippen molar-refractivity contribution in [3.8, 4) is 11.3 Å². The summed E-state index contributed by atoms with van der Waals surface area (Å²) in [6.07, 6.45) is 5.18. The quantitative estimate of drug-likeness (QED) is 0.403. The number of hydrogen-bond acceptors (Lipinski definition) is 2. The van der Waals surface area contributed by atoms with Crippen LogP contribution in [0, 0.1) is 0 Å². The molecule has 2 aliphatic heterocycles. The van der Waals surface area contributed by atoms with Crippen LogP contribution in [0.15, 0.2) is 58.0 Å². The summed E-state index contributed by atoms with van der Waals surface area (Å²) < 4.78 is 10.8. The average molecular weight is 208 g/mol. The average Bonchev–Trinajstić information content (AvgIpc) is 2.36. The molecule has 0 atom stereocenters. The molecule has 4 rings (SSSR count). The highest BCUT2D eigenvalue weighted by Gasteiger charge is 2.14. The van der Waals surface area contributed by atoms with Crippen molar-refractivity contribution in [2.45, 2.75) is 0 Å². The van der Waals surface area contributed by atoms with Gasteiger partial charge in [0.2, 0.25) is 0 Å². The molecule has 0 radical (unpaired) electrons. The van der Waals surface area contributed by atoms with Gasteiger partial charge in [-0.15, -0.1) is 0 Å². The SMILES string of the molecule is c1cc2ccc3cocc4occ(c1)c2c3-4. The van der Waals surface area contributed by atoms with Crippen LogP contribution in [0.4, 0.5) is 0 Å². The molecule has 76 valence electrons. The predicted molar refractivity (Wildman–Crippen MR) is 62.6 cm³/mol. The van der Waals surface area contributed by atoms with Gasteiger partial charge in [-0.25, -0.2) is 0 Å². The van der Waals surface area contributed by atoms with Crippen LogP contribution < -0.4 is 0 Å². The molecule has 0 fully saturated rings. The first-order valence-electron chi connectivity index (χ1n) is 5.18. The molecule has 2 heteroatoms. The van der Waals surface area contributed by atoms with Crippen molar-refractivity contribution >= 4 is 21.5 Å². The Morgan fingerprint density at radius 1 is 0.750 bits per heavy atom. The van der Waals surface area contributed by atoms with E-state index in [0.29, 0.717) is 0 Å². The molecule has 0 unspecified atom stereocenters. The second-order valence-electron chi connectivity index (χ2n) is 3.95. The maximum Gasteiger partial charge on any atom is 0.170 e. The summed E-state index contributed by atoms with van der Waals surface area (Å²) >= 11 is 0. The standard InChI is InChI=1S/C14H8O2/c1-2-9-4-5-11-6-15-8-12-14(11)13(9)10(3-1)7-16-12/h1-8H. The number of benzene rings is 2. The van der Waals surface area contributed by atoms with E-state index in [1.807, 2.05) is 6.07 Å². The van der Waals surface area contributed by atoms with E-state index in [9.17, 15) is 0 Å². The third-order valence-electron chi connectivity index (χ3n) is 3.04. The summed E-state index contributed by atoms with van der Waals surface area (Å²) in [5.41, 5.74) is 1.14. The van der Waals surface area contributed by atoms with Crippen LogP contribution >= 0.6 is 0 Å². The zero-order valence-corrected chi connectivity index (χ0v) is 8.44. The zero-order chi connectivity index (χ0) is 10.5. The summed E-state index contributed by atoms with van der Waals surface area (Å²) in [5.74, 6) is 0.793. The molecule has 2 heterocycles. The lowest BCUT2D eigenvalue weighted by Crippen LogP contribution is -1.87. The highest BCUT2D eigenvalue weighted by atomic mass is 16.4. The van der Waals surface area contributed by atoms with Crippen molar-refractivity contribution in [3.05, 3.63) is 49.1 Å². The number of rotatable bonds is 0. The zero-order valence-electron chi connectivity index (χ0n) is 8.44. The van der Waals surface area contributed by atoms with E-state index in [0.717, 1.165) is 22.1 Å². The summed E-state index contributed by atoms with van der Waals surface area (Å²) in [5, 5.41) is 4.68. The van der Waals surface area contributed by atoms with Crippen molar-refractivity contribution in [3.63, 3.8) is 0 Å². The Labute approximate surface area is 91.4 Å². The highest BCUT2D eigenvalue weighted by molar-refractivity contribution is 6.12. The third-order valence-corrected chi connectivity index (χ3v) is 3.04. The van der Waals surface area contributed by atoms with Gasteiger partial charge in [0.1, 0.15) is 6.26 Å². The summed E-state index contributed by atoms with van der Waals surface area (Å²) in [6, 6.07) is 10.4. The molecule has 16 heavy (non-hydrogen) atoms. The number of hydrogen-bond donors (Lipinski definition) is 0. The van der Waals surface area contributed by atoms with E-state index in [1.165, 1.54) is 10.8 Å². The Morgan fingerprint density at radius 2 is 1.62 bits per heavy atom. The molecule has 2 nitrogen and oxygen atoms in total. The molecular formula is C14H8O2. The summed E-state index contributed by atoms with van der Waals surface area (Å²) in [4.78, 5) is 0. The lowest BCUT2D eigenvalue weighted by atomic mass is 9.97. The van der Waals surface area contributed by atoms with Gasteiger partial charge < -0.3 is 8.83 Å². The van der Waals surface area contributed by atoms with Crippen molar-refractivity contribution < 1.29 is 8.83 Å². The normalized spacial score (nSPS) is 11.8. The van der Waals surface area contributed by atoms with Crippen molar-refractivity contribution in [1.29, 1.82) is 0 Å². The molecule has 0 amide bonds. The molecule has 2 aliphatic rings. The van der Waals surface area contributed by atoms with Gasteiger partial charge in [-0.3, -0.25) is 0 Å². The monoisotopic (exact) mass is 208 g/mol. The largest absolute Gasteiger partial charge is 0.468 e. The molecular weight excluding hydrogens is 200 g/mol. The van der Waals surface area contributed by atoms with Crippen LogP contribution in [-0.4, -0.2) is 0 Å². The van der Waals surface area contributed by atoms with Crippen LogP contribution in [0.25, 0.3) is 32.9 Å². The van der Waals surface area contributed by atoms with Gasteiger partial charge in [0.05, 0.1) is 12.5 Å². The lowest BCUT2D eigenvalue weighted by molar-refractivity contribution is 0.506. The van der Waals surface area contributed by atoms with Gasteiger partial charge in [0.25, 0.3) is 0 Å². The predicted octanol–water partition coefficient (Wildman–Crippen LogP) is 4.28.